The molecule has 0 amide bonds. The Morgan fingerprint density at radius 2 is 1.33 bits per heavy atom. The Hall–Kier alpha value is -3.18. The van der Waals surface area contributed by atoms with Crippen LogP contribution in [0.2, 0.25) is 0 Å². The van der Waals surface area contributed by atoms with Crippen molar-refractivity contribution in [3.63, 3.8) is 0 Å². The molecule has 0 atom stereocenters. The normalized spacial score (nSPS) is 18.4. The molecule has 0 aliphatic carbocycles. The molecule has 0 saturated carbocycles. The number of hydrogen-bond donors (Lipinski definition) is 2. The SMILES string of the molecule is C.CCOC(=O)C1CCN(CCc2cccc(O)c2CO)CC1.CCOC(=O)C1CCN(CCc2cccc3c2COC(C)(C)O3)CC1. The lowest BCUT2D eigenvalue weighted by molar-refractivity contribution is -0.180. The highest BCUT2D eigenvalue weighted by atomic mass is 16.7. The number of ether oxygens (including phenoxy) is 4. The van der Waals surface area contributed by atoms with E-state index in [1.54, 1.807) is 12.1 Å². The predicted octanol–water partition coefficient (Wildman–Crippen LogP) is 5.49. The van der Waals surface area contributed by atoms with Gasteiger partial charge in [0.25, 0.3) is 0 Å². The first-order valence-corrected chi connectivity index (χ1v) is 17.3. The van der Waals surface area contributed by atoms with E-state index in [-0.39, 0.29) is 43.6 Å². The van der Waals surface area contributed by atoms with E-state index < -0.39 is 5.79 Å². The number of carbonyl (C=O) groups excluding carboxylic acids is 2. The molecule has 3 aliphatic rings. The number of benzene rings is 2. The topological polar surface area (TPSA) is 118 Å². The molecule has 0 unspecified atom stereocenters. The van der Waals surface area contributed by atoms with Crippen molar-refractivity contribution in [3.8, 4) is 11.5 Å². The Kier molecular flexibility index (Phi) is 15.6. The maximum absolute atomic E-state index is 11.8. The quantitative estimate of drug-likeness (QED) is 0.298. The van der Waals surface area contributed by atoms with Gasteiger partial charge in [-0.2, -0.15) is 0 Å². The highest BCUT2D eigenvalue weighted by Crippen LogP contribution is 2.33. The zero-order valence-corrected chi connectivity index (χ0v) is 28.7. The number of phenols is 1. The number of aliphatic hydroxyl groups is 1. The molecule has 0 bridgehead atoms. The molecule has 5 rings (SSSR count). The summed E-state index contributed by atoms with van der Waals surface area (Å²) in [5, 5.41) is 19.1. The van der Waals surface area contributed by atoms with Gasteiger partial charge in [-0.1, -0.05) is 31.7 Å². The molecule has 2 saturated heterocycles. The summed E-state index contributed by atoms with van der Waals surface area (Å²) >= 11 is 0. The van der Waals surface area contributed by atoms with Crippen LogP contribution in [0, 0.1) is 11.8 Å². The zero-order chi connectivity index (χ0) is 33.8. The Morgan fingerprint density at radius 3 is 1.85 bits per heavy atom. The van der Waals surface area contributed by atoms with E-state index in [2.05, 4.69) is 21.9 Å². The summed E-state index contributed by atoms with van der Waals surface area (Å²) in [6.45, 7) is 14.5. The van der Waals surface area contributed by atoms with E-state index in [1.807, 2.05) is 39.8 Å². The molecule has 0 spiro atoms. The number of likely N-dealkylation sites (tertiary alicyclic amines) is 2. The lowest BCUT2D eigenvalue weighted by atomic mass is 9.96. The van der Waals surface area contributed by atoms with Crippen molar-refractivity contribution in [2.45, 2.75) is 92.6 Å². The van der Waals surface area contributed by atoms with Crippen LogP contribution in [-0.4, -0.2) is 90.2 Å². The Morgan fingerprint density at radius 1 is 0.833 bits per heavy atom. The van der Waals surface area contributed by atoms with Crippen molar-refractivity contribution >= 4 is 11.9 Å². The second-order valence-corrected chi connectivity index (χ2v) is 13.0. The average molecular weight is 671 g/mol. The second kappa shape index (κ2) is 19.1. The fourth-order valence-corrected chi connectivity index (χ4v) is 6.54. The standard InChI is InChI=1S/C20H29NO4.C17H25NO4.CH4/c1-4-23-19(22)16-9-12-21(13-10-16)11-8-15-6-5-7-18-17(15)14-24-20(2,3)25-18;1-2-22-17(21)14-7-10-18(11-8-14)9-6-13-4-3-5-16(20)15(13)12-19;/h5-7,16H,4,8-14H2,1-3H3;3-5,14,19-20H,2,6-12H2,1H3;1H4. The number of hydrogen-bond acceptors (Lipinski definition) is 10. The van der Waals surface area contributed by atoms with Crippen LogP contribution in [0.25, 0.3) is 0 Å². The van der Waals surface area contributed by atoms with Crippen molar-refractivity contribution in [3.05, 3.63) is 58.7 Å². The first kappa shape index (κ1) is 39.3. The third-order valence-electron chi connectivity index (χ3n) is 9.37. The van der Waals surface area contributed by atoms with Crippen LogP contribution in [0.4, 0.5) is 0 Å². The molecule has 3 heterocycles. The molecule has 2 fully saturated rings. The number of carbonyl (C=O) groups is 2. The third-order valence-corrected chi connectivity index (χ3v) is 9.37. The van der Waals surface area contributed by atoms with Gasteiger partial charge < -0.3 is 39.0 Å². The van der Waals surface area contributed by atoms with Gasteiger partial charge in [-0.3, -0.25) is 9.59 Å². The van der Waals surface area contributed by atoms with Crippen molar-refractivity contribution in [2.75, 3.05) is 52.5 Å². The number of aromatic hydroxyl groups is 1. The fraction of sp³-hybridized carbons (Fsp3) is 0.632. The fourth-order valence-electron chi connectivity index (χ4n) is 6.54. The second-order valence-electron chi connectivity index (χ2n) is 13.0. The number of esters is 2. The van der Waals surface area contributed by atoms with E-state index in [0.717, 1.165) is 89.1 Å². The van der Waals surface area contributed by atoms with Gasteiger partial charge in [0.1, 0.15) is 11.5 Å². The minimum Gasteiger partial charge on any atom is -0.508 e. The van der Waals surface area contributed by atoms with Gasteiger partial charge in [-0.25, -0.2) is 0 Å². The summed E-state index contributed by atoms with van der Waals surface area (Å²) in [4.78, 5) is 28.3. The smallest absolute Gasteiger partial charge is 0.309 e. The molecular formula is C38H58N2O8. The summed E-state index contributed by atoms with van der Waals surface area (Å²) in [5.74, 6) is 0.542. The Labute approximate surface area is 287 Å². The summed E-state index contributed by atoms with van der Waals surface area (Å²) < 4.78 is 21.9. The Balaban J connectivity index is 0.000000257. The molecule has 10 nitrogen and oxygen atoms in total. The lowest BCUT2D eigenvalue weighted by Gasteiger charge is -2.34. The molecule has 2 N–H and O–H groups in total. The van der Waals surface area contributed by atoms with Gasteiger partial charge in [-0.05, 0) is 102 Å². The van der Waals surface area contributed by atoms with Gasteiger partial charge in [0.2, 0.25) is 5.79 Å². The third kappa shape index (κ3) is 11.2. The molecule has 0 radical (unpaired) electrons. The molecule has 48 heavy (non-hydrogen) atoms. The maximum Gasteiger partial charge on any atom is 0.309 e. The summed E-state index contributed by atoms with van der Waals surface area (Å²) in [6, 6.07) is 11.6. The van der Waals surface area contributed by atoms with E-state index in [4.69, 9.17) is 18.9 Å². The highest BCUT2D eigenvalue weighted by molar-refractivity contribution is 5.73. The minimum atomic E-state index is -0.555. The molecule has 268 valence electrons. The monoisotopic (exact) mass is 670 g/mol. The number of piperidine rings is 2. The van der Waals surface area contributed by atoms with E-state index >= 15 is 0 Å². The first-order chi connectivity index (χ1) is 22.6. The van der Waals surface area contributed by atoms with Gasteiger partial charge >= 0.3 is 11.9 Å². The molecular weight excluding hydrogens is 612 g/mol. The van der Waals surface area contributed by atoms with E-state index in [9.17, 15) is 19.8 Å². The lowest BCUT2D eigenvalue weighted by Crippen LogP contribution is -2.38. The van der Waals surface area contributed by atoms with Gasteiger partial charge in [-0.15, -0.1) is 0 Å². The Bertz CT molecular complexity index is 1300. The highest BCUT2D eigenvalue weighted by Gasteiger charge is 2.30. The molecule has 2 aromatic carbocycles. The molecule has 10 heteroatoms. The van der Waals surface area contributed by atoms with Crippen LogP contribution >= 0.6 is 0 Å². The zero-order valence-electron chi connectivity index (χ0n) is 28.7. The van der Waals surface area contributed by atoms with Crippen LogP contribution in [0.15, 0.2) is 36.4 Å². The van der Waals surface area contributed by atoms with Crippen LogP contribution < -0.4 is 4.74 Å². The van der Waals surface area contributed by atoms with Gasteiger partial charge in [0, 0.05) is 38.1 Å². The molecule has 0 aromatic heterocycles. The predicted molar refractivity (Wildman–Crippen MR) is 186 cm³/mol. The van der Waals surface area contributed by atoms with Gasteiger partial charge in [0.05, 0.1) is 38.3 Å². The van der Waals surface area contributed by atoms with Crippen molar-refractivity contribution < 1.29 is 38.7 Å². The van der Waals surface area contributed by atoms with Crippen LogP contribution in [0.5, 0.6) is 11.5 Å². The molecule has 3 aliphatic heterocycles. The summed E-state index contributed by atoms with van der Waals surface area (Å²) in [6.07, 6.45) is 5.23. The van der Waals surface area contributed by atoms with Gasteiger partial charge in [0.15, 0.2) is 0 Å². The first-order valence-electron chi connectivity index (χ1n) is 17.3. The van der Waals surface area contributed by atoms with Crippen molar-refractivity contribution in [2.24, 2.45) is 11.8 Å². The molecule has 2 aromatic rings. The number of aliphatic hydroxyl groups excluding tert-OH is 1. The van der Waals surface area contributed by atoms with E-state index in [0.29, 0.717) is 25.4 Å². The van der Waals surface area contributed by atoms with Crippen LogP contribution in [-0.2, 0) is 49.9 Å². The largest absolute Gasteiger partial charge is 0.508 e. The number of rotatable bonds is 11. The summed E-state index contributed by atoms with van der Waals surface area (Å²) in [5.41, 5.74) is 4.06. The minimum absolute atomic E-state index is 0. The average Bonchev–Trinajstić information content (AvgIpc) is 3.07. The maximum atomic E-state index is 11.8. The van der Waals surface area contributed by atoms with Crippen LogP contribution in [0.1, 0.15) is 83.1 Å². The number of nitrogens with zero attached hydrogens (tertiary/aromatic N) is 2. The van der Waals surface area contributed by atoms with Crippen molar-refractivity contribution in [1.29, 1.82) is 0 Å². The van der Waals surface area contributed by atoms with Crippen molar-refractivity contribution in [1.82, 2.24) is 9.80 Å². The summed E-state index contributed by atoms with van der Waals surface area (Å²) in [7, 11) is 0. The van der Waals surface area contributed by atoms with E-state index in [1.165, 1.54) is 11.1 Å². The van der Waals surface area contributed by atoms with Crippen LogP contribution in [0.3, 0.4) is 0 Å². The number of fused-ring (bicyclic) bond motifs is 1.